The first-order valence-corrected chi connectivity index (χ1v) is 16.6. The molecule has 0 N–H and O–H groups in total. The maximum Gasteiger partial charge on any atom is 0.164 e. The molecule has 1 aromatic heterocycles. The Balaban J connectivity index is 1.14. The SMILES string of the molecule is N#Cc1cccc2cc(-c3nc(-c4ccccc4)nc(-c4ccccc4-c4ccc(C56CC7C[C@H](C5)C[C@@H](C7)C6)cc4)n3)ccc12. The number of benzene rings is 5. The third kappa shape index (κ3) is 4.62. The zero-order chi connectivity index (χ0) is 30.7. The summed E-state index contributed by atoms with van der Waals surface area (Å²) in [5.74, 6) is 4.69. The molecule has 222 valence electrons. The van der Waals surface area contributed by atoms with E-state index in [0.717, 1.165) is 50.8 Å². The van der Waals surface area contributed by atoms with Crippen LogP contribution in [0.2, 0.25) is 0 Å². The van der Waals surface area contributed by atoms with Crippen LogP contribution in [0.3, 0.4) is 0 Å². The third-order valence-electron chi connectivity index (χ3n) is 10.9. The van der Waals surface area contributed by atoms with Crippen molar-refractivity contribution < 1.29 is 0 Å². The molecule has 46 heavy (non-hydrogen) atoms. The number of hydrogen-bond acceptors (Lipinski definition) is 4. The van der Waals surface area contributed by atoms with E-state index in [2.05, 4.69) is 60.7 Å². The monoisotopic (exact) mass is 594 g/mol. The summed E-state index contributed by atoms with van der Waals surface area (Å²) in [6, 6.07) is 42.2. The minimum atomic E-state index is 0.383. The van der Waals surface area contributed by atoms with Gasteiger partial charge in [-0.3, -0.25) is 0 Å². The zero-order valence-electron chi connectivity index (χ0n) is 25.7. The second-order valence-electron chi connectivity index (χ2n) is 13.8. The van der Waals surface area contributed by atoms with E-state index in [1.807, 2.05) is 60.7 Å². The first-order valence-electron chi connectivity index (χ1n) is 16.6. The molecule has 0 unspecified atom stereocenters. The maximum atomic E-state index is 9.62. The van der Waals surface area contributed by atoms with Crippen LogP contribution < -0.4 is 0 Å². The van der Waals surface area contributed by atoms with E-state index in [4.69, 9.17) is 15.0 Å². The van der Waals surface area contributed by atoms with Crippen LogP contribution in [0.25, 0.3) is 56.1 Å². The molecular formula is C42H34N4. The van der Waals surface area contributed by atoms with Gasteiger partial charge in [0.15, 0.2) is 17.5 Å². The molecule has 0 atom stereocenters. The number of hydrogen-bond donors (Lipinski definition) is 0. The van der Waals surface area contributed by atoms with Crippen LogP contribution in [-0.2, 0) is 5.41 Å². The second-order valence-corrected chi connectivity index (χ2v) is 13.8. The summed E-state index contributed by atoms with van der Waals surface area (Å²) in [4.78, 5) is 15.1. The molecule has 0 amide bonds. The molecule has 4 saturated carbocycles. The summed E-state index contributed by atoms with van der Waals surface area (Å²) in [5.41, 5.74) is 7.70. The Kier molecular flexibility index (Phi) is 6.35. The highest BCUT2D eigenvalue weighted by atomic mass is 15.0. The number of nitriles is 1. The molecule has 0 spiro atoms. The van der Waals surface area contributed by atoms with Crippen molar-refractivity contribution in [3.8, 4) is 51.4 Å². The Morgan fingerprint density at radius 3 is 1.85 bits per heavy atom. The molecule has 4 heteroatoms. The highest BCUT2D eigenvalue weighted by molar-refractivity contribution is 5.91. The third-order valence-corrected chi connectivity index (χ3v) is 10.9. The van der Waals surface area contributed by atoms with E-state index < -0.39 is 0 Å². The Bertz CT molecular complexity index is 2110. The molecule has 4 aliphatic rings. The van der Waals surface area contributed by atoms with Crippen molar-refractivity contribution in [2.45, 2.75) is 43.9 Å². The quantitative estimate of drug-likeness (QED) is 0.199. The standard InChI is InChI=1S/C42H34N4/c43-26-34-10-6-9-32-22-33(15-18-36(32)34)40-44-39(31-7-2-1-3-8-31)45-41(46-40)38-12-5-4-11-37(38)30-13-16-35(17-14-30)42-23-27-19-28(24-42)21-29(20-27)25-42/h1-18,22,27-29H,19-21,23-25H2/t27-,28+,29?,42?. The van der Waals surface area contributed by atoms with Crippen molar-refractivity contribution in [2.75, 3.05) is 0 Å². The molecular weight excluding hydrogens is 560 g/mol. The lowest BCUT2D eigenvalue weighted by Gasteiger charge is -2.57. The predicted molar refractivity (Wildman–Crippen MR) is 184 cm³/mol. The summed E-state index contributed by atoms with van der Waals surface area (Å²) in [6.07, 6.45) is 8.50. The summed E-state index contributed by atoms with van der Waals surface area (Å²) >= 11 is 0. The summed E-state index contributed by atoms with van der Waals surface area (Å²) in [7, 11) is 0. The molecule has 4 bridgehead atoms. The number of fused-ring (bicyclic) bond motifs is 1. The van der Waals surface area contributed by atoms with Gasteiger partial charge in [-0.2, -0.15) is 5.26 Å². The van der Waals surface area contributed by atoms with Crippen LogP contribution in [-0.4, -0.2) is 15.0 Å². The lowest BCUT2D eigenvalue weighted by atomic mass is 9.48. The number of nitrogens with zero attached hydrogens (tertiary/aromatic N) is 4. The lowest BCUT2D eigenvalue weighted by Crippen LogP contribution is -2.48. The molecule has 0 aliphatic heterocycles. The summed E-state index contributed by atoms with van der Waals surface area (Å²) in [5, 5.41) is 11.5. The van der Waals surface area contributed by atoms with Crippen molar-refractivity contribution >= 4 is 10.8 Å². The molecule has 5 aromatic carbocycles. The smallest absolute Gasteiger partial charge is 0.164 e. The van der Waals surface area contributed by atoms with Crippen molar-refractivity contribution in [2.24, 2.45) is 17.8 Å². The maximum absolute atomic E-state index is 9.62. The average Bonchev–Trinajstić information content (AvgIpc) is 3.11. The van der Waals surface area contributed by atoms with Gasteiger partial charge < -0.3 is 0 Å². The van der Waals surface area contributed by atoms with Gasteiger partial charge in [0.1, 0.15) is 0 Å². The largest absolute Gasteiger partial charge is 0.208 e. The van der Waals surface area contributed by atoms with Gasteiger partial charge in [0.25, 0.3) is 0 Å². The topological polar surface area (TPSA) is 62.5 Å². The molecule has 4 nitrogen and oxygen atoms in total. The van der Waals surface area contributed by atoms with Crippen LogP contribution in [0.15, 0.2) is 115 Å². The van der Waals surface area contributed by atoms with Gasteiger partial charge in [-0.25, -0.2) is 15.0 Å². The Labute approximate surface area is 269 Å². The molecule has 0 saturated heterocycles. The fourth-order valence-corrected chi connectivity index (χ4v) is 9.26. The normalized spacial score (nSPS) is 23.0. The van der Waals surface area contributed by atoms with E-state index in [9.17, 15) is 5.26 Å². The minimum Gasteiger partial charge on any atom is -0.208 e. The fraction of sp³-hybridized carbons (Fsp3) is 0.238. The van der Waals surface area contributed by atoms with Crippen molar-refractivity contribution in [3.05, 3.63) is 126 Å². The molecule has 0 radical (unpaired) electrons. The van der Waals surface area contributed by atoms with Crippen LogP contribution in [0.5, 0.6) is 0 Å². The minimum absolute atomic E-state index is 0.383. The Hall–Kier alpha value is -5.14. The van der Waals surface area contributed by atoms with Gasteiger partial charge in [-0.05, 0) is 101 Å². The molecule has 10 rings (SSSR count). The second kappa shape index (κ2) is 10.7. The van der Waals surface area contributed by atoms with Crippen LogP contribution in [0.1, 0.15) is 49.7 Å². The van der Waals surface area contributed by atoms with E-state index in [1.54, 1.807) is 0 Å². The number of rotatable bonds is 5. The molecule has 4 fully saturated rings. The molecule has 1 heterocycles. The first kappa shape index (κ1) is 27.2. The van der Waals surface area contributed by atoms with Crippen LogP contribution in [0.4, 0.5) is 0 Å². The van der Waals surface area contributed by atoms with Crippen molar-refractivity contribution in [1.29, 1.82) is 5.26 Å². The fourth-order valence-electron chi connectivity index (χ4n) is 9.26. The predicted octanol–water partition coefficient (Wildman–Crippen LogP) is 10.0. The van der Waals surface area contributed by atoms with E-state index in [1.165, 1.54) is 49.7 Å². The van der Waals surface area contributed by atoms with Gasteiger partial charge in [0.2, 0.25) is 0 Å². The summed E-state index contributed by atoms with van der Waals surface area (Å²) in [6.45, 7) is 0. The van der Waals surface area contributed by atoms with Crippen molar-refractivity contribution in [1.82, 2.24) is 15.0 Å². The van der Waals surface area contributed by atoms with E-state index in [0.29, 0.717) is 28.5 Å². The van der Waals surface area contributed by atoms with E-state index >= 15 is 0 Å². The number of aromatic nitrogens is 3. The van der Waals surface area contributed by atoms with Gasteiger partial charge in [-0.1, -0.05) is 103 Å². The summed E-state index contributed by atoms with van der Waals surface area (Å²) < 4.78 is 0. The van der Waals surface area contributed by atoms with Gasteiger partial charge in [-0.15, -0.1) is 0 Å². The van der Waals surface area contributed by atoms with Crippen molar-refractivity contribution in [3.63, 3.8) is 0 Å². The van der Waals surface area contributed by atoms with Gasteiger partial charge in [0, 0.05) is 16.7 Å². The van der Waals surface area contributed by atoms with Gasteiger partial charge >= 0.3 is 0 Å². The van der Waals surface area contributed by atoms with E-state index in [-0.39, 0.29) is 0 Å². The Morgan fingerprint density at radius 2 is 1.15 bits per heavy atom. The first-order chi connectivity index (χ1) is 22.6. The highest BCUT2D eigenvalue weighted by Crippen LogP contribution is 2.60. The van der Waals surface area contributed by atoms with Gasteiger partial charge in [0.05, 0.1) is 11.6 Å². The zero-order valence-corrected chi connectivity index (χ0v) is 25.7. The Morgan fingerprint density at radius 1 is 0.543 bits per heavy atom. The van der Waals surface area contributed by atoms with Crippen LogP contribution >= 0.6 is 0 Å². The average molecular weight is 595 g/mol. The molecule has 4 aliphatic carbocycles. The molecule has 6 aromatic rings. The van der Waals surface area contributed by atoms with Crippen LogP contribution in [0, 0.1) is 29.1 Å². The lowest BCUT2D eigenvalue weighted by molar-refractivity contribution is -0.00518. The highest BCUT2D eigenvalue weighted by Gasteiger charge is 2.51.